The van der Waals surface area contributed by atoms with Crippen LogP contribution in [0.5, 0.6) is 0 Å². The Bertz CT molecular complexity index is 323. The van der Waals surface area contributed by atoms with Crippen LogP contribution in [0.4, 0.5) is 0 Å². The summed E-state index contributed by atoms with van der Waals surface area (Å²) in [7, 11) is 0. The van der Waals surface area contributed by atoms with Crippen molar-refractivity contribution in [1.82, 2.24) is 0 Å². The van der Waals surface area contributed by atoms with Crippen molar-refractivity contribution in [3.05, 3.63) is 11.6 Å². The van der Waals surface area contributed by atoms with Gasteiger partial charge in [-0.2, -0.15) is 0 Å². The van der Waals surface area contributed by atoms with E-state index in [1.807, 2.05) is 0 Å². The van der Waals surface area contributed by atoms with Crippen molar-refractivity contribution in [3.8, 4) is 0 Å². The molecule has 4 atom stereocenters. The molecular formula is C15H24. The number of hydrogen-bond donors (Lipinski definition) is 0. The summed E-state index contributed by atoms with van der Waals surface area (Å²) in [5, 5.41) is 0. The van der Waals surface area contributed by atoms with Crippen LogP contribution in [0, 0.1) is 28.6 Å². The van der Waals surface area contributed by atoms with Crippen LogP contribution in [0.3, 0.4) is 0 Å². The monoisotopic (exact) mass is 204 g/mol. The largest absolute Gasteiger partial charge is 0.0853 e. The third kappa shape index (κ3) is 1.14. The summed E-state index contributed by atoms with van der Waals surface area (Å²) in [4.78, 5) is 0. The Labute approximate surface area is 94.1 Å². The van der Waals surface area contributed by atoms with Gasteiger partial charge in [0.25, 0.3) is 0 Å². The fraction of sp³-hybridized carbons (Fsp3) is 0.867. The maximum atomic E-state index is 2.55. The Balaban J connectivity index is 1.99. The lowest BCUT2D eigenvalue weighted by molar-refractivity contribution is 0.109. The zero-order valence-electron chi connectivity index (χ0n) is 10.6. The van der Waals surface area contributed by atoms with E-state index in [2.05, 4.69) is 33.8 Å². The van der Waals surface area contributed by atoms with Gasteiger partial charge in [-0.05, 0) is 61.2 Å². The molecule has 0 aliphatic heterocycles. The van der Waals surface area contributed by atoms with Crippen molar-refractivity contribution in [2.75, 3.05) is 0 Å². The van der Waals surface area contributed by atoms with E-state index in [1.165, 1.54) is 25.7 Å². The van der Waals surface area contributed by atoms with Crippen molar-refractivity contribution in [3.63, 3.8) is 0 Å². The molecule has 0 bridgehead atoms. The van der Waals surface area contributed by atoms with Crippen LogP contribution in [-0.4, -0.2) is 0 Å². The van der Waals surface area contributed by atoms with Crippen molar-refractivity contribution >= 4 is 0 Å². The molecular weight excluding hydrogens is 180 g/mol. The highest BCUT2D eigenvalue weighted by molar-refractivity contribution is 5.25. The van der Waals surface area contributed by atoms with Crippen LogP contribution in [-0.2, 0) is 0 Å². The van der Waals surface area contributed by atoms with Gasteiger partial charge in [0.15, 0.2) is 0 Å². The van der Waals surface area contributed by atoms with Crippen LogP contribution in [0.1, 0.15) is 53.4 Å². The molecule has 15 heavy (non-hydrogen) atoms. The average molecular weight is 204 g/mol. The third-order valence-corrected chi connectivity index (χ3v) is 5.95. The maximum Gasteiger partial charge on any atom is -0.0115 e. The zero-order valence-corrected chi connectivity index (χ0v) is 10.6. The Kier molecular flexibility index (Phi) is 1.79. The van der Waals surface area contributed by atoms with E-state index in [9.17, 15) is 0 Å². The highest BCUT2D eigenvalue weighted by Gasteiger charge is 2.66. The molecule has 0 nitrogen and oxygen atoms in total. The first kappa shape index (κ1) is 9.93. The van der Waals surface area contributed by atoms with Crippen LogP contribution in [0.2, 0.25) is 0 Å². The molecule has 0 spiro atoms. The quantitative estimate of drug-likeness (QED) is 0.513. The molecule has 0 radical (unpaired) electrons. The number of allylic oxidation sites excluding steroid dienone is 2. The average Bonchev–Trinajstić information content (AvgIpc) is 2.68. The molecule has 0 aromatic heterocycles. The van der Waals surface area contributed by atoms with Crippen LogP contribution < -0.4 is 0 Å². The van der Waals surface area contributed by atoms with E-state index in [1.54, 1.807) is 5.57 Å². The summed E-state index contributed by atoms with van der Waals surface area (Å²) < 4.78 is 0. The smallest absolute Gasteiger partial charge is 0.0115 e. The Morgan fingerprint density at radius 3 is 2.67 bits per heavy atom. The fourth-order valence-electron chi connectivity index (χ4n) is 4.94. The van der Waals surface area contributed by atoms with E-state index in [0.29, 0.717) is 10.8 Å². The van der Waals surface area contributed by atoms with E-state index < -0.39 is 0 Å². The fourth-order valence-corrected chi connectivity index (χ4v) is 4.94. The predicted molar refractivity (Wildman–Crippen MR) is 64.6 cm³/mol. The van der Waals surface area contributed by atoms with E-state index >= 15 is 0 Å². The summed E-state index contributed by atoms with van der Waals surface area (Å²) >= 11 is 0. The van der Waals surface area contributed by atoms with E-state index in [4.69, 9.17) is 0 Å². The topological polar surface area (TPSA) is 0 Å². The first-order valence-electron chi connectivity index (χ1n) is 6.63. The lowest BCUT2D eigenvalue weighted by atomic mass is 9.60. The van der Waals surface area contributed by atoms with Crippen molar-refractivity contribution in [2.45, 2.75) is 53.4 Å². The van der Waals surface area contributed by atoms with Gasteiger partial charge in [0.1, 0.15) is 0 Å². The third-order valence-electron chi connectivity index (χ3n) is 5.95. The molecule has 3 aliphatic carbocycles. The minimum Gasteiger partial charge on any atom is -0.0853 e. The molecule has 0 N–H and O–H groups in total. The zero-order chi connectivity index (χ0) is 10.8. The predicted octanol–water partition coefficient (Wildman–Crippen LogP) is 4.42. The second-order valence-electron chi connectivity index (χ2n) is 7.11. The molecule has 0 heterocycles. The van der Waals surface area contributed by atoms with Gasteiger partial charge < -0.3 is 0 Å². The molecule has 0 aromatic rings. The van der Waals surface area contributed by atoms with Crippen LogP contribution in [0.15, 0.2) is 11.6 Å². The summed E-state index contributed by atoms with van der Waals surface area (Å²) in [5.74, 6) is 2.96. The van der Waals surface area contributed by atoms with Crippen LogP contribution >= 0.6 is 0 Å². The molecule has 2 fully saturated rings. The number of fused-ring (bicyclic) bond motifs is 3. The highest BCUT2D eigenvalue weighted by atomic mass is 14.7. The molecule has 4 unspecified atom stereocenters. The summed E-state index contributed by atoms with van der Waals surface area (Å²) in [6.45, 7) is 9.93. The molecule has 84 valence electrons. The van der Waals surface area contributed by atoms with Gasteiger partial charge in [0, 0.05) is 0 Å². The maximum absolute atomic E-state index is 2.55. The first-order valence-corrected chi connectivity index (χ1v) is 6.63. The Hall–Kier alpha value is -0.260. The second-order valence-corrected chi connectivity index (χ2v) is 7.11. The molecule has 3 aliphatic rings. The van der Waals surface area contributed by atoms with Gasteiger partial charge in [-0.1, -0.05) is 32.4 Å². The SMILES string of the molecule is CC1=CCCC2(C)CCC3C(C12)C3(C)C. The normalized spacial score (nSPS) is 51.5. The minimum absolute atomic E-state index is 0.647. The highest BCUT2D eigenvalue weighted by Crippen LogP contribution is 2.73. The van der Waals surface area contributed by atoms with Crippen molar-refractivity contribution < 1.29 is 0 Å². The van der Waals surface area contributed by atoms with Crippen molar-refractivity contribution in [2.24, 2.45) is 28.6 Å². The number of rotatable bonds is 0. The Morgan fingerprint density at radius 2 is 1.93 bits per heavy atom. The van der Waals surface area contributed by atoms with Gasteiger partial charge in [-0.3, -0.25) is 0 Å². The van der Waals surface area contributed by atoms with Gasteiger partial charge >= 0.3 is 0 Å². The molecule has 0 aromatic carbocycles. The Morgan fingerprint density at radius 1 is 1.20 bits per heavy atom. The minimum atomic E-state index is 0.647. The summed E-state index contributed by atoms with van der Waals surface area (Å²) in [5.41, 5.74) is 3.01. The molecule has 0 amide bonds. The van der Waals surface area contributed by atoms with E-state index in [-0.39, 0.29) is 0 Å². The molecule has 3 rings (SSSR count). The lowest BCUT2D eigenvalue weighted by Gasteiger charge is -2.45. The summed E-state index contributed by atoms with van der Waals surface area (Å²) in [6, 6.07) is 0. The van der Waals surface area contributed by atoms with Gasteiger partial charge in [0.2, 0.25) is 0 Å². The van der Waals surface area contributed by atoms with E-state index in [0.717, 1.165) is 17.8 Å². The molecule has 0 heteroatoms. The van der Waals surface area contributed by atoms with Crippen LogP contribution in [0.25, 0.3) is 0 Å². The van der Waals surface area contributed by atoms with Gasteiger partial charge in [-0.25, -0.2) is 0 Å². The van der Waals surface area contributed by atoms with Crippen molar-refractivity contribution in [1.29, 1.82) is 0 Å². The number of hydrogen-bond acceptors (Lipinski definition) is 0. The van der Waals surface area contributed by atoms with Gasteiger partial charge in [0.05, 0.1) is 0 Å². The molecule has 2 saturated carbocycles. The second kappa shape index (κ2) is 2.70. The standard InChI is InChI=1S/C15H24/c1-10-6-5-8-15(4)9-7-11-13(12(10)15)14(11,2)3/h6,11-13H,5,7-9H2,1-4H3. The summed E-state index contributed by atoms with van der Waals surface area (Å²) in [6.07, 6.45) is 8.26. The van der Waals surface area contributed by atoms with Gasteiger partial charge in [-0.15, -0.1) is 0 Å². The first-order chi connectivity index (χ1) is 6.97. The molecule has 0 saturated heterocycles. The lowest BCUT2D eigenvalue weighted by Crippen LogP contribution is -2.36.